The van der Waals surface area contributed by atoms with E-state index in [9.17, 15) is 9.59 Å². The van der Waals surface area contributed by atoms with Gasteiger partial charge < -0.3 is 16.0 Å². The molecule has 1 aliphatic heterocycles. The van der Waals surface area contributed by atoms with Crippen molar-refractivity contribution < 1.29 is 9.59 Å². The molecular weight excluding hydrogens is 290 g/mol. The van der Waals surface area contributed by atoms with Gasteiger partial charge in [0.05, 0.1) is 0 Å². The smallest absolute Gasteiger partial charge is 0.252 e. The highest BCUT2D eigenvalue weighted by atomic mass is 35.5. The number of likely N-dealkylation sites (tertiary alicyclic amines) is 1. The molecule has 3 N–H and O–H groups in total. The van der Waals surface area contributed by atoms with Crippen molar-refractivity contribution in [3.05, 3.63) is 35.9 Å². The molecule has 0 bridgehead atoms. The van der Waals surface area contributed by atoms with Gasteiger partial charge in [0.2, 0.25) is 5.91 Å². The molecule has 0 aromatic heterocycles. The number of carbonyl (C=O) groups excluding carboxylic acids is 2. The minimum atomic E-state index is -0.934. The van der Waals surface area contributed by atoms with Gasteiger partial charge in [0.15, 0.2) is 0 Å². The third-order valence-electron chi connectivity index (χ3n) is 3.51. The summed E-state index contributed by atoms with van der Waals surface area (Å²) in [6.45, 7) is 4.66. The molecule has 1 atom stereocenters. The van der Waals surface area contributed by atoms with Gasteiger partial charge in [-0.05, 0) is 32.4 Å². The fourth-order valence-electron chi connectivity index (χ4n) is 2.37. The van der Waals surface area contributed by atoms with Crippen molar-refractivity contribution in [3.8, 4) is 0 Å². The number of nitrogens with one attached hydrogen (secondary N) is 1. The number of carbonyl (C=O) groups is 2. The summed E-state index contributed by atoms with van der Waals surface area (Å²) in [6.07, 6.45) is 0.814. The Balaban J connectivity index is 0.00000220. The average molecular weight is 312 g/mol. The highest BCUT2D eigenvalue weighted by Crippen LogP contribution is 2.15. The zero-order valence-corrected chi connectivity index (χ0v) is 13.2. The summed E-state index contributed by atoms with van der Waals surface area (Å²) >= 11 is 0. The molecule has 116 valence electrons. The number of nitrogens with two attached hydrogens (primary N) is 1. The van der Waals surface area contributed by atoms with Gasteiger partial charge in [-0.2, -0.15) is 0 Å². The van der Waals surface area contributed by atoms with E-state index in [1.807, 2.05) is 6.07 Å². The SMILES string of the molecule is CC(C)(NC(=O)c1ccccc1)C(=O)N1CC[C@@H](N)C1.Cl. The zero-order valence-electron chi connectivity index (χ0n) is 12.3. The van der Waals surface area contributed by atoms with E-state index in [4.69, 9.17) is 5.73 Å². The minimum absolute atomic E-state index is 0. The first-order valence-corrected chi connectivity index (χ1v) is 6.82. The van der Waals surface area contributed by atoms with Crippen molar-refractivity contribution in [2.24, 2.45) is 5.73 Å². The van der Waals surface area contributed by atoms with Gasteiger partial charge in [-0.25, -0.2) is 0 Å². The summed E-state index contributed by atoms with van der Waals surface area (Å²) in [5.41, 5.74) is 5.43. The van der Waals surface area contributed by atoms with Crippen LogP contribution in [-0.4, -0.2) is 41.4 Å². The molecule has 0 spiro atoms. The number of amides is 2. The van der Waals surface area contributed by atoms with Crippen LogP contribution in [0.5, 0.6) is 0 Å². The van der Waals surface area contributed by atoms with Crippen LogP contribution in [0.2, 0.25) is 0 Å². The second kappa shape index (κ2) is 6.91. The monoisotopic (exact) mass is 311 g/mol. The predicted octanol–water partition coefficient (Wildman–Crippen LogP) is 1.18. The molecule has 1 saturated heterocycles. The molecule has 21 heavy (non-hydrogen) atoms. The highest BCUT2D eigenvalue weighted by Gasteiger charge is 2.36. The number of benzene rings is 1. The van der Waals surface area contributed by atoms with Crippen LogP contribution in [-0.2, 0) is 4.79 Å². The lowest BCUT2D eigenvalue weighted by Gasteiger charge is -2.30. The molecule has 1 fully saturated rings. The van der Waals surface area contributed by atoms with Gasteiger partial charge in [-0.15, -0.1) is 12.4 Å². The van der Waals surface area contributed by atoms with Crippen molar-refractivity contribution in [1.82, 2.24) is 10.2 Å². The summed E-state index contributed by atoms with van der Waals surface area (Å²) in [4.78, 5) is 26.3. The number of nitrogens with zero attached hydrogens (tertiary/aromatic N) is 1. The second-order valence-electron chi connectivity index (χ2n) is 5.75. The third-order valence-corrected chi connectivity index (χ3v) is 3.51. The standard InChI is InChI=1S/C15H21N3O2.ClH/c1-15(2,14(20)18-9-8-12(16)10-18)17-13(19)11-6-4-3-5-7-11;/h3-7,12H,8-10,16H2,1-2H3,(H,17,19);1H/t12-;/m1./s1. The quantitative estimate of drug-likeness (QED) is 0.880. The highest BCUT2D eigenvalue weighted by molar-refractivity contribution is 5.98. The van der Waals surface area contributed by atoms with Crippen LogP contribution >= 0.6 is 12.4 Å². The van der Waals surface area contributed by atoms with Crippen LogP contribution in [0.3, 0.4) is 0 Å². The summed E-state index contributed by atoms with van der Waals surface area (Å²) < 4.78 is 0. The molecule has 1 aromatic carbocycles. The number of rotatable bonds is 3. The van der Waals surface area contributed by atoms with E-state index in [1.165, 1.54) is 0 Å². The van der Waals surface area contributed by atoms with Crippen LogP contribution in [0.15, 0.2) is 30.3 Å². The largest absolute Gasteiger partial charge is 0.339 e. The van der Waals surface area contributed by atoms with Crippen molar-refractivity contribution in [2.75, 3.05) is 13.1 Å². The first-order valence-electron chi connectivity index (χ1n) is 6.82. The molecule has 2 rings (SSSR count). The lowest BCUT2D eigenvalue weighted by atomic mass is 10.0. The van der Waals surface area contributed by atoms with E-state index >= 15 is 0 Å². The van der Waals surface area contributed by atoms with Gasteiger partial charge in [0.25, 0.3) is 5.91 Å². The molecule has 5 nitrogen and oxygen atoms in total. The Morgan fingerprint density at radius 1 is 1.29 bits per heavy atom. The van der Waals surface area contributed by atoms with Gasteiger partial charge >= 0.3 is 0 Å². The van der Waals surface area contributed by atoms with Gasteiger partial charge in [-0.3, -0.25) is 9.59 Å². The average Bonchev–Trinajstić information content (AvgIpc) is 2.85. The minimum Gasteiger partial charge on any atom is -0.339 e. The molecule has 1 aromatic rings. The number of hydrogen-bond donors (Lipinski definition) is 2. The van der Waals surface area contributed by atoms with Gasteiger partial charge in [-0.1, -0.05) is 18.2 Å². The molecule has 0 saturated carbocycles. The summed E-state index contributed by atoms with van der Waals surface area (Å²) in [6, 6.07) is 8.92. The van der Waals surface area contributed by atoms with Crippen molar-refractivity contribution in [3.63, 3.8) is 0 Å². The molecule has 6 heteroatoms. The first kappa shape index (κ1) is 17.5. The molecule has 2 amide bonds. The van der Waals surface area contributed by atoms with Crippen molar-refractivity contribution in [2.45, 2.75) is 31.8 Å². The number of halogens is 1. The maximum atomic E-state index is 12.4. The van der Waals surface area contributed by atoms with E-state index in [0.29, 0.717) is 18.7 Å². The summed E-state index contributed by atoms with van der Waals surface area (Å²) in [5.74, 6) is -0.331. The molecule has 0 aliphatic carbocycles. The van der Waals surface area contributed by atoms with Crippen LogP contribution in [0, 0.1) is 0 Å². The lowest BCUT2D eigenvalue weighted by molar-refractivity contribution is -0.135. The van der Waals surface area contributed by atoms with E-state index in [0.717, 1.165) is 6.42 Å². The Labute approximate surface area is 131 Å². The van der Waals surface area contributed by atoms with Crippen molar-refractivity contribution >= 4 is 24.2 Å². The van der Waals surface area contributed by atoms with E-state index in [2.05, 4.69) is 5.32 Å². The fraction of sp³-hybridized carbons (Fsp3) is 0.467. The summed E-state index contributed by atoms with van der Waals surface area (Å²) in [7, 11) is 0. The Bertz CT molecular complexity index is 505. The maximum absolute atomic E-state index is 12.4. The van der Waals surface area contributed by atoms with Gasteiger partial charge in [0.1, 0.15) is 5.54 Å². The normalized spacial score (nSPS) is 18.0. The van der Waals surface area contributed by atoms with E-state index in [-0.39, 0.29) is 30.3 Å². The van der Waals surface area contributed by atoms with E-state index < -0.39 is 5.54 Å². The molecule has 1 heterocycles. The van der Waals surface area contributed by atoms with Crippen LogP contribution in [0.1, 0.15) is 30.6 Å². The maximum Gasteiger partial charge on any atom is 0.252 e. The second-order valence-corrected chi connectivity index (χ2v) is 5.75. The summed E-state index contributed by atoms with van der Waals surface area (Å²) in [5, 5.41) is 2.79. The lowest BCUT2D eigenvalue weighted by Crippen LogP contribution is -2.55. The Morgan fingerprint density at radius 3 is 2.43 bits per heavy atom. The Kier molecular flexibility index (Phi) is 5.75. The Hall–Kier alpha value is -1.59. The molecule has 1 aliphatic rings. The third kappa shape index (κ3) is 4.19. The van der Waals surface area contributed by atoms with Crippen LogP contribution in [0.4, 0.5) is 0 Å². The fourth-order valence-corrected chi connectivity index (χ4v) is 2.37. The molecular formula is C15H22ClN3O2. The molecule has 0 unspecified atom stereocenters. The van der Waals surface area contributed by atoms with Crippen LogP contribution in [0.25, 0.3) is 0 Å². The predicted molar refractivity (Wildman–Crippen MR) is 84.4 cm³/mol. The van der Waals surface area contributed by atoms with E-state index in [1.54, 1.807) is 43.0 Å². The number of hydrogen-bond acceptors (Lipinski definition) is 3. The van der Waals surface area contributed by atoms with Gasteiger partial charge in [0, 0.05) is 24.7 Å². The van der Waals surface area contributed by atoms with Crippen molar-refractivity contribution in [1.29, 1.82) is 0 Å². The first-order chi connectivity index (χ1) is 9.40. The topological polar surface area (TPSA) is 75.4 Å². The molecule has 0 radical (unpaired) electrons. The van der Waals surface area contributed by atoms with Crippen LogP contribution < -0.4 is 11.1 Å². The Morgan fingerprint density at radius 2 is 1.90 bits per heavy atom. The zero-order chi connectivity index (χ0) is 14.8.